The number of hydrogen-bond acceptors (Lipinski definition) is 6. The first-order valence-corrected chi connectivity index (χ1v) is 11.3. The number of halogens is 1. The van der Waals surface area contributed by atoms with Gasteiger partial charge in [0.25, 0.3) is 5.56 Å². The van der Waals surface area contributed by atoms with Gasteiger partial charge < -0.3 is 9.15 Å². The van der Waals surface area contributed by atoms with Crippen LogP contribution in [0.4, 0.5) is 0 Å². The number of rotatable bonds is 4. The summed E-state index contributed by atoms with van der Waals surface area (Å²) in [6.07, 6.45) is 1.71. The van der Waals surface area contributed by atoms with Crippen LogP contribution in [0.15, 0.2) is 61.9 Å². The Labute approximate surface area is 190 Å². The molecule has 1 aromatic carbocycles. The molecule has 154 valence electrons. The molecule has 2 aromatic heterocycles. The summed E-state index contributed by atoms with van der Waals surface area (Å²) >= 11 is 3.36. The Morgan fingerprint density at radius 1 is 1.27 bits per heavy atom. The molecule has 1 aliphatic rings. The molecule has 0 aliphatic carbocycles. The molecule has 0 N–H and O–H groups in total. The van der Waals surface area contributed by atoms with E-state index in [1.807, 2.05) is 43.3 Å². The van der Waals surface area contributed by atoms with Gasteiger partial charge in [0.1, 0.15) is 5.76 Å². The van der Waals surface area contributed by atoms with Crippen LogP contribution in [0.5, 0.6) is 0 Å². The van der Waals surface area contributed by atoms with Crippen molar-refractivity contribution in [3.05, 3.63) is 88.0 Å². The summed E-state index contributed by atoms with van der Waals surface area (Å²) < 4.78 is 13.7. The third-order valence-electron chi connectivity index (χ3n) is 4.78. The van der Waals surface area contributed by atoms with Crippen LogP contribution in [-0.2, 0) is 9.53 Å². The summed E-state index contributed by atoms with van der Waals surface area (Å²) in [5.41, 5.74) is 2.65. The number of nitrogens with zero attached hydrogens (tertiary/aromatic N) is 2. The number of fused-ring (bicyclic) bond motifs is 1. The van der Waals surface area contributed by atoms with E-state index in [1.165, 1.54) is 11.3 Å². The van der Waals surface area contributed by atoms with Crippen LogP contribution in [0.1, 0.15) is 36.8 Å². The van der Waals surface area contributed by atoms with Gasteiger partial charge >= 0.3 is 5.97 Å². The molecule has 0 radical (unpaired) electrons. The lowest BCUT2D eigenvalue weighted by molar-refractivity contribution is -0.139. The van der Waals surface area contributed by atoms with E-state index in [2.05, 4.69) is 27.6 Å². The van der Waals surface area contributed by atoms with Crippen LogP contribution in [0.25, 0.3) is 6.08 Å². The number of hydrogen-bond donors (Lipinski definition) is 0. The third-order valence-corrected chi connectivity index (χ3v) is 6.34. The van der Waals surface area contributed by atoms with Crippen LogP contribution in [0.2, 0.25) is 0 Å². The van der Waals surface area contributed by atoms with Crippen molar-refractivity contribution in [1.29, 1.82) is 0 Å². The van der Waals surface area contributed by atoms with Crippen molar-refractivity contribution >= 4 is 46.0 Å². The summed E-state index contributed by atoms with van der Waals surface area (Å²) in [7, 11) is 0. The fraction of sp³-hybridized carbons (Fsp3) is 0.227. The Morgan fingerprint density at radius 2 is 2.00 bits per heavy atom. The Balaban J connectivity index is 1.96. The molecule has 0 amide bonds. The van der Waals surface area contributed by atoms with Gasteiger partial charge in [0.15, 0.2) is 8.57 Å². The smallest absolute Gasteiger partial charge is 0.338 e. The number of carbonyl (C=O) groups excluding carboxylic acids is 1. The SMILES string of the molecule is CCOC(=O)C1=C(C)N=c2s/c(=C\c3ccc(I)o3)c(=O)n2[C@@H]1c1ccc(C)cc1. The molecule has 8 heteroatoms. The molecule has 0 fully saturated rings. The molecule has 0 unspecified atom stereocenters. The van der Waals surface area contributed by atoms with Crippen LogP contribution < -0.4 is 14.9 Å². The lowest BCUT2D eigenvalue weighted by Crippen LogP contribution is -2.39. The van der Waals surface area contributed by atoms with Crippen molar-refractivity contribution < 1.29 is 13.9 Å². The summed E-state index contributed by atoms with van der Waals surface area (Å²) in [6.45, 7) is 5.78. The highest BCUT2D eigenvalue weighted by atomic mass is 127. The number of esters is 1. The first kappa shape index (κ1) is 20.8. The predicted molar refractivity (Wildman–Crippen MR) is 123 cm³/mol. The highest BCUT2D eigenvalue weighted by Gasteiger charge is 2.33. The van der Waals surface area contributed by atoms with Crippen molar-refractivity contribution in [2.24, 2.45) is 4.99 Å². The zero-order chi connectivity index (χ0) is 21.4. The molecular weight excluding hydrogens is 515 g/mol. The lowest BCUT2D eigenvalue weighted by atomic mass is 9.95. The predicted octanol–water partition coefficient (Wildman–Crippen LogP) is 3.30. The molecule has 0 saturated carbocycles. The normalized spacial score (nSPS) is 16.4. The van der Waals surface area contributed by atoms with Gasteiger partial charge in [-0.2, -0.15) is 0 Å². The molecular formula is C22H19IN2O4S. The first-order chi connectivity index (χ1) is 14.4. The minimum absolute atomic E-state index is 0.218. The highest BCUT2D eigenvalue weighted by molar-refractivity contribution is 14.1. The molecule has 1 aliphatic heterocycles. The Hall–Kier alpha value is -2.46. The number of furan rings is 1. The molecule has 3 heterocycles. The van der Waals surface area contributed by atoms with Crippen LogP contribution in [-0.4, -0.2) is 17.1 Å². The van der Waals surface area contributed by atoms with Gasteiger partial charge in [-0.05, 0) is 61.1 Å². The van der Waals surface area contributed by atoms with Crippen molar-refractivity contribution in [3.8, 4) is 0 Å². The standard InChI is InChI=1S/C22H19IN2O4S/c1-4-28-21(27)18-13(3)24-22-25(19(18)14-7-5-12(2)6-8-14)20(26)16(30-22)11-15-9-10-17(23)29-15/h5-11,19H,4H2,1-3H3/b16-11-/t19-/m1/s1. The van der Waals surface area contributed by atoms with E-state index in [-0.39, 0.29) is 12.2 Å². The van der Waals surface area contributed by atoms with Gasteiger partial charge in [-0.25, -0.2) is 9.79 Å². The number of ether oxygens (including phenoxy) is 1. The van der Waals surface area contributed by atoms with E-state index in [0.29, 0.717) is 26.4 Å². The average molecular weight is 534 g/mol. The molecule has 0 saturated heterocycles. The fourth-order valence-electron chi connectivity index (χ4n) is 3.39. The van der Waals surface area contributed by atoms with Crippen LogP contribution in [0, 0.1) is 10.7 Å². The number of aromatic nitrogens is 1. The van der Waals surface area contributed by atoms with E-state index < -0.39 is 12.0 Å². The Kier molecular flexibility index (Phi) is 5.79. The number of aryl methyl sites for hydroxylation is 1. The zero-order valence-electron chi connectivity index (χ0n) is 16.6. The van der Waals surface area contributed by atoms with E-state index in [9.17, 15) is 9.59 Å². The second kappa shape index (κ2) is 8.35. The summed E-state index contributed by atoms with van der Waals surface area (Å²) in [5, 5.41) is 0. The van der Waals surface area contributed by atoms with Gasteiger partial charge in [-0.3, -0.25) is 9.36 Å². The van der Waals surface area contributed by atoms with Gasteiger partial charge in [-0.1, -0.05) is 41.2 Å². The summed E-state index contributed by atoms with van der Waals surface area (Å²) in [6, 6.07) is 10.9. The maximum absolute atomic E-state index is 13.4. The molecule has 0 spiro atoms. The molecule has 1 atom stereocenters. The van der Waals surface area contributed by atoms with Crippen molar-refractivity contribution in [2.75, 3.05) is 6.61 Å². The molecule has 3 aromatic rings. The number of benzene rings is 1. The molecule has 0 bridgehead atoms. The van der Waals surface area contributed by atoms with E-state index in [0.717, 1.165) is 14.9 Å². The second-order valence-electron chi connectivity index (χ2n) is 6.85. The van der Waals surface area contributed by atoms with Gasteiger partial charge in [0.2, 0.25) is 0 Å². The van der Waals surface area contributed by atoms with Crippen molar-refractivity contribution in [3.63, 3.8) is 0 Å². The van der Waals surface area contributed by atoms with E-state index >= 15 is 0 Å². The van der Waals surface area contributed by atoms with Gasteiger partial charge in [0.05, 0.1) is 28.5 Å². The van der Waals surface area contributed by atoms with Crippen molar-refractivity contribution in [1.82, 2.24) is 4.57 Å². The largest absolute Gasteiger partial charge is 0.463 e. The fourth-order valence-corrected chi connectivity index (χ4v) is 4.85. The second-order valence-corrected chi connectivity index (χ2v) is 8.93. The lowest BCUT2D eigenvalue weighted by Gasteiger charge is -2.24. The number of carbonyl (C=O) groups is 1. The third kappa shape index (κ3) is 3.81. The summed E-state index contributed by atoms with van der Waals surface area (Å²) in [4.78, 5) is 31.3. The molecule has 4 rings (SSSR count). The van der Waals surface area contributed by atoms with Crippen LogP contribution >= 0.6 is 33.9 Å². The summed E-state index contributed by atoms with van der Waals surface area (Å²) in [5.74, 6) is 0.136. The van der Waals surface area contributed by atoms with Gasteiger partial charge in [-0.15, -0.1) is 0 Å². The van der Waals surface area contributed by atoms with Crippen molar-refractivity contribution in [2.45, 2.75) is 26.8 Å². The minimum Gasteiger partial charge on any atom is -0.463 e. The quantitative estimate of drug-likeness (QED) is 0.381. The first-order valence-electron chi connectivity index (χ1n) is 9.40. The monoisotopic (exact) mass is 534 g/mol. The maximum Gasteiger partial charge on any atom is 0.338 e. The Morgan fingerprint density at radius 3 is 2.63 bits per heavy atom. The number of thiazole rings is 1. The maximum atomic E-state index is 13.4. The van der Waals surface area contributed by atoms with E-state index in [1.54, 1.807) is 24.5 Å². The molecule has 6 nitrogen and oxygen atoms in total. The molecule has 30 heavy (non-hydrogen) atoms. The average Bonchev–Trinajstić information content (AvgIpc) is 3.24. The zero-order valence-corrected chi connectivity index (χ0v) is 19.6. The Bertz CT molecular complexity index is 1330. The topological polar surface area (TPSA) is 73.8 Å². The van der Waals surface area contributed by atoms with E-state index in [4.69, 9.17) is 9.15 Å². The van der Waals surface area contributed by atoms with Crippen LogP contribution in [0.3, 0.4) is 0 Å². The minimum atomic E-state index is -0.597. The van der Waals surface area contributed by atoms with Gasteiger partial charge in [0, 0.05) is 6.08 Å². The number of allylic oxidation sites excluding steroid dienone is 1. The highest BCUT2D eigenvalue weighted by Crippen LogP contribution is 2.30.